The largest absolute Gasteiger partial charge is 0.491 e. The number of aromatic nitrogens is 4. The fourth-order valence-electron chi connectivity index (χ4n) is 4.53. The van der Waals surface area contributed by atoms with E-state index in [4.69, 9.17) is 73.0 Å². The van der Waals surface area contributed by atoms with Crippen LogP contribution < -0.4 is 4.74 Å². The maximum Gasteiger partial charge on any atom is 0.291 e. The summed E-state index contributed by atoms with van der Waals surface area (Å²) >= 11 is 12.7. The first-order valence-corrected chi connectivity index (χ1v) is 14.3. The molecule has 244 valence electrons. The van der Waals surface area contributed by atoms with Gasteiger partial charge in [-0.1, -0.05) is 59.6 Å². The molecule has 0 bridgehead atoms. The Morgan fingerprint density at radius 2 is 1.66 bits per heavy atom. The Bertz CT molecular complexity index is 1750. The standard InChI is InChI=1S/C30H24Cl2N4O3.2HNO3/c31-23-8-11-26(27(32)16-23)30(19-36-15-14-33-20-36)38-18-25(39-30)17-37-24-9-6-21(7-10-24)28-12-13-34-29(35-28)22-4-2-1-3-5-22;2*2-1(3)4/h1-16,20,25H,17-19H2;2*(H,2,3,4). The van der Waals surface area contributed by atoms with E-state index in [0.29, 0.717) is 41.2 Å². The van der Waals surface area contributed by atoms with Crippen LogP contribution in [-0.2, 0) is 21.8 Å². The van der Waals surface area contributed by atoms with Crippen molar-refractivity contribution in [2.24, 2.45) is 0 Å². The van der Waals surface area contributed by atoms with Gasteiger partial charge < -0.3 is 29.2 Å². The van der Waals surface area contributed by atoms with Crippen LogP contribution in [0.25, 0.3) is 22.6 Å². The van der Waals surface area contributed by atoms with Crippen LogP contribution >= 0.6 is 23.2 Å². The topological polar surface area (TPSA) is 198 Å². The zero-order valence-corrected chi connectivity index (χ0v) is 25.7. The number of ether oxygens (including phenoxy) is 3. The van der Waals surface area contributed by atoms with E-state index in [-0.39, 0.29) is 6.10 Å². The van der Waals surface area contributed by atoms with E-state index in [1.807, 2.05) is 77.5 Å². The highest BCUT2D eigenvalue weighted by atomic mass is 35.5. The fraction of sp³-hybridized carbons (Fsp3) is 0.167. The molecule has 17 heteroatoms. The first-order chi connectivity index (χ1) is 22.5. The molecular formula is C30H26Cl2N6O9. The van der Waals surface area contributed by atoms with E-state index in [9.17, 15) is 0 Å². The van der Waals surface area contributed by atoms with E-state index in [2.05, 4.69) is 9.97 Å². The lowest BCUT2D eigenvalue weighted by Crippen LogP contribution is -2.34. The Morgan fingerprint density at radius 1 is 0.957 bits per heavy atom. The van der Waals surface area contributed by atoms with Crippen LogP contribution in [0.2, 0.25) is 10.0 Å². The van der Waals surface area contributed by atoms with Crippen LogP contribution in [-0.4, -0.2) is 59.4 Å². The van der Waals surface area contributed by atoms with Gasteiger partial charge in [0.1, 0.15) is 18.5 Å². The molecule has 0 amide bonds. The summed E-state index contributed by atoms with van der Waals surface area (Å²) in [6.07, 6.45) is 6.74. The maximum absolute atomic E-state index is 8.36. The van der Waals surface area contributed by atoms with Gasteiger partial charge in [0.2, 0.25) is 5.79 Å². The zero-order valence-electron chi connectivity index (χ0n) is 24.2. The maximum atomic E-state index is 8.36. The molecule has 3 aromatic carbocycles. The molecule has 1 saturated heterocycles. The van der Waals surface area contributed by atoms with Crippen molar-refractivity contribution < 1.29 is 34.8 Å². The first-order valence-electron chi connectivity index (χ1n) is 13.6. The lowest BCUT2D eigenvalue weighted by atomic mass is 10.1. The molecule has 0 aliphatic carbocycles. The van der Waals surface area contributed by atoms with Crippen molar-refractivity contribution in [1.82, 2.24) is 19.5 Å². The highest BCUT2D eigenvalue weighted by Crippen LogP contribution is 2.40. The van der Waals surface area contributed by atoms with E-state index in [1.54, 1.807) is 30.9 Å². The van der Waals surface area contributed by atoms with Crippen molar-refractivity contribution in [1.29, 1.82) is 0 Å². The van der Waals surface area contributed by atoms with Gasteiger partial charge >= 0.3 is 0 Å². The van der Waals surface area contributed by atoms with Crippen LogP contribution in [0.15, 0.2) is 104 Å². The molecule has 2 atom stereocenters. The van der Waals surface area contributed by atoms with Crippen LogP contribution in [0, 0.1) is 20.2 Å². The summed E-state index contributed by atoms with van der Waals surface area (Å²) in [5, 5.41) is 28.3. The number of benzene rings is 3. The third-order valence-corrected chi connectivity index (χ3v) is 6.97. The van der Waals surface area contributed by atoms with Gasteiger partial charge in [-0.15, -0.1) is 20.2 Å². The molecule has 3 heterocycles. The van der Waals surface area contributed by atoms with Crippen molar-refractivity contribution in [3.05, 3.63) is 140 Å². The molecule has 2 aromatic heterocycles. The van der Waals surface area contributed by atoms with E-state index in [1.165, 1.54) is 0 Å². The van der Waals surface area contributed by atoms with Crippen molar-refractivity contribution in [3.8, 4) is 28.4 Å². The molecule has 1 fully saturated rings. The van der Waals surface area contributed by atoms with E-state index < -0.39 is 16.0 Å². The summed E-state index contributed by atoms with van der Waals surface area (Å²) in [6, 6.07) is 24.9. The molecule has 1 aliphatic heterocycles. The molecule has 5 aromatic rings. The van der Waals surface area contributed by atoms with Crippen LogP contribution in [0.3, 0.4) is 0 Å². The van der Waals surface area contributed by atoms with Crippen molar-refractivity contribution in [2.75, 3.05) is 13.2 Å². The average Bonchev–Trinajstić information content (AvgIpc) is 3.71. The summed E-state index contributed by atoms with van der Waals surface area (Å²) < 4.78 is 20.7. The van der Waals surface area contributed by atoms with E-state index >= 15 is 0 Å². The minimum atomic E-state index is -1.50. The lowest BCUT2D eigenvalue weighted by Gasteiger charge is -2.30. The monoisotopic (exact) mass is 684 g/mol. The van der Waals surface area contributed by atoms with Crippen LogP contribution in [0.1, 0.15) is 5.56 Å². The summed E-state index contributed by atoms with van der Waals surface area (Å²) in [7, 11) is 0. The molecule has 47 heavy (non-hydrogen) atoms. The predicted octanol–water partition coefficient (Wildman–Crippen LogP) is 5.97. The van der Waals surface area contributed by atoms with Gasteiger partial charge in [-0.25, -0.2) is 15.0 Å². The smallest absolute Gasteiger partial charge is 0.291 e. The molecule has 0 spiro atoms. The SMILES string of the molecule is Clc1ccc(C2(Cn3ccnc3)OCC(COc3ccc(-c4ccnc(-c5ccccc5)n4)cc3)O2)c(Cl)c1.O=[N+]([O-])O.O=[N+]([O-])O. The second-order valence-electron chi connectivity index (χ2n) is 9.61. The highest BCUT2D eigenvalue weighted by molar-refractivity contribution is 6.35. The summed E-state index contributed by atoms with van der Waals surface area (Å²) in [4.78, 5) is 30.0. The number of rotatable bonds is 8. The predicted molar refractivity (Wildman–Crippen MR) is 167 cm³/mol. The van der Waals surface area contributed by atoms with Crippen molar-refractivity contribution in [2.45, 2.75) is 18.4 Å². The number of halogens is 2. The third-order valence-electron chi connectivity index (χ3n) is 6.42. The molecule has 2 unspecified atom stereocenters. The van der Waals surface area contributed by atoms with Gasteiger partial charge in [-0.2, -0.15) is 0 Å². The molecule has 2 N–H and O–H groups in total. The third kappa shape index (κ3) is 10.1. The lowest BCUT2D eigenvalue weighted by molar-refractivity contribution is -0.742. The van der Waals surface area contributed by atoms with Gasteiger partial charge in [-0.05, 0) is 42.5 Å². The fourth-order valence-corrected chi connectivity index (χ4v) is 5.08. The number of nitrogens with zero attached hydrogens (tertiary/aromatic N) is 6. The van der Waals surface area contributed by atoms with Gasteiger partial charge in [0.05, 0.1) is 30.2 Å². The number of hydrogen-bond acceptors (Lipinski definition) is 10. The van der Waals surface area contributed by atoms with Gasteiger partial charge in [-0.3, -0.25) is 0 Å². The second-order valence-corrected chi connectivity index (χ2v) is 10.4. The zero-order chi connectivity index (χ0) is 33.8. The average molecular weight is 685 g/mol. The Hall–Kier alpha value is -5.35. The quantitative estimate of drug-likeness (QED) is 0.144. The second kappa shape index (κ2) is 16.3. The van der Waals surface area contributed by atoms with Crippen molar-refractivity contribution >= 4 is 23.2 Å². The Kier molecular flexibility index (Phi) is 12.0. The number of imidazole rings is 1. The molecule has 15 nitrogen and oxygen atoms in total. The molecular weight excluding hydrogens is 659 g/mol. The summed E-state index contributed by atoms with van der Waals surface area (Å²) in [5.74, 6) is 0.312. The number of hydrogen-bond donors (Lipinski definition) is 2. The molecule has 1 aliphatic rings. The molecule has 0 saturated carbocycles. The normalized spacial score (nSPS) is 16.6. The summed E-state index contributed by atoms with van der Waals surface area (Å²) in [5.41, 5.74) is 3.49. The van der Waals surface area contributed by atoms with Gasteiger partial charge in [0.25, 0.3) is 10.2 Å². The first kappa shape index (κ1) is 34.5. The highest BCUT2D eigenvalue weighted by Gasteiger charge is 2.45. The van der Waals surface area contributed by atoms with Crippen LogP contribution in [0.4, 0.5) is 0 Å². The minimum Gasteiger partial charge on any atom is -0.491 e. The van der Waals surface area contributed by atoms with Gasteiger partial charge in [0.15, 0.2) is 5.82 Å². The Morgan fingerprint density at radius 3 is 2.30 bits per heavy atom. The summed E-state index contributed by atoms with van der Waals surface area (Å²) in [6.45, 7) is 1.03. The van der Waals surface area contributed by atoms with Crippen molar-refractivity contribution in [3.63, 3.8) is 0 Å². The minimum absolute atomic E-state index is 0.307. The molecule has 0 radical (unpaired) electrons. The Labute approximate surface area is 276 Å². The van der Waals surface area contributed by atoms with E-state index in [0.717, 1.165) is 22.6 Å². The molecule has 6 rings (SSSR count). The Balaban J connectivity index is 0.000000564. The van der Waals surface area contributed by atoms with Crippen LogP contribution in [0.5, 0.6) is 5.75 Å². The van der Waals surface area contributed by atoms with Gasteiger partial charge in [0, 0.05) is 40.3 Å².